The molecule has 1 heterocycles. The molecule has 0 aromatic rings. The maximum absolute atomic E-state index is 11.0. The van der Waals surface area contributed by atoms with Gasteiger partial charge in [-0.2, -0.15) is 0 Å². The topological polar surface area (TPSA) is 41.1 Å². The van der Waals surface area contributed by atoms with Crippen LogP contribution in [0.15, 0.2) is 12.2 Å². The van der Waals surface area contributed by atoms with Gasteiger partial charge in [-0.3, -0.25) is 4.79 Å². The van der Waals surface area contributed by atoms with Crippen molar-refractivity contribution in [1.29, 1.82) is 0 Å². The lowest BCUT2D eigenvalue weighted by molar-refractivity contribution is -0.123. The predicted octanol–water partition coefficient (Wildman–Crippen LogP) is 0.819. The minimum atomic E-state index is 0.177. The zero-order chi connectivity index (χ0) is 9.68. The van der Waals surface area contributed by atoms with E-state index in [1.807, 2.05) is 19.9 Å². The SMILES string of the molecule is C/C=C/CNC1CCC(=O)NC1C. The molecule has 1 rings (SSSR count). The first kappa shape index (κ1) is 10.3. The number of amides is 1. The van der Waals surface area contributed by atoms with Gasteiger partial charge in [0, 0.05) is 25.0 Å². The molecule has 1 saturated heterocycles. The second-order valence-corrected chi connectivity index (χ2v) is 3.48. The number of nitrogens with one attached hydrogen (secondary N) is 2. The van der Waals surface area contributed by atoms with Crippen LogP contribution in [0.1, 0.15) is 26.7 Å². The third-order valence-electron chi connectivity index (χ3n) is 2.41. The molecule has 0 saturated carbocycles. The van der Waals surface area contributed by atoms with Crippen LogP contribution in [0.25, 0.3) is 0 Å². The maximum Gasteiger partial charge on any atom is 0.220 e. The van der Waals surface area contributed by atoms with Gasteiger partial charge in [0.1, 0.15) is 0 Å². The molecule has 2 N–H and O–H groups in total. The van der Waals surface area contributed by atoms with E-state index in [4.69, 9.17) is 0 Å². The van der Waals surface area contributed by atoms with Gasteiger partial charge in [0.2, 0.25) is 5.91 Å². The largest absolute Gasteiger partial charge is 0.352 e. The van der Waals surface area contributed by atoms with E-state index in [0.29, 0.717) is 12.5 Å². The van der Waals surface area contributed by atoms with Crippen molar-refractivity contribution in [3.05, 3.63) is 12.2 Å². The van der Waals surface area contributed by atoms with Gasteiger partial charge in [-0.15, -0.1) is 0 Å². The van der Waals surface area contributed by atoms with Gasteiger partial charge in [0.25, 0.3) is 0 Å². The highest BCUT2D eigenvalue weighted by Crippen LogP contribution is 2.08. The minimum Gasteiger partial charge on any atom is -0.352 e. The summed E-state index contributed by atoms with van der Waals surface area (Å²) in [5, 5.41) is 6.32. The summed E-state index contributed by atoms with van der Waals surface area (Å²) < 4.78 is 0. The summed E-state index contributed by atoms with van der Waals surface area (Å²) in [5.41, 5.74) is 0. The molecule has 1 aliphatic rings. The van der Waals surface area contributed by atoms with Gasteiger partial charge in [-0.05, 0) is 20.3 Å². The molecule has 0 bridgehead atoms. The first-order valence-electron chi connectivity index (χ1n) is 4.88. The van der Waals surface area contributed by atoms with Gasteiger partial charge in [0.15, 0.2) is 0 Å². The van der Waals surface area contributed by atoms with E-state index in [-0.39, 0.29) is 11.9 Å². The molecule has 2 unspecified atom stereocenters. The molecule has 1 fully saturated rings. The van der Waals surface area contributed by atoms with Gasteiger partial charge in [0.05, 0.1) is 0 Å². The van der Waals surface area contributed by atoms with E-state index in [0.717, 1.165) is 13.0 Å². The Morgan fingerprint density at radius 3 is 3.08 bits per heavy atom. The summed E-state index contributed by atoms with van der Waals surface area (Å²) >= 11 is 0. The highest BCUT2D eigenvalue weighted by atomic mass is 16.1. The second kappa shape index (κ2) is 5.02. The van der Waals surface area contributed by atoms with Crippen LogP contribution in [-0.2, 0) is 4.79 Å². The summed E-state index contributed by atoms with van der Waals surface area (Å²) in [5.74, 6) is 0.177. The smallest absolute Gasteiger partial charge is 0.220 e. The average molecular weight is 182 g/mol. The normalized spacial score (nSPS) is 29.2. The molecule has 3 nitrogen and oxygen atoms in total. The summed E-state index contributed by atoms with van der Waals surface area (Å²) in [6, 6.07) is 0.681. The van der Waals surface area contributed by atoms with Gasteiger partial charge < -0.3 is 10.6 Å². The molecular weight excluding hydrogens is 164 g/mol. The molecule has 0 aromatic heterocycles. The monoisotopic (exact) mass is 182 g/mol. The van der Waals surface area contributed by atoms with Crippen molar-refractivity contribution in [2.45, 2.75) is 38.8 Å². The Hall–Kier alpha value is -0.830. The Balaban J connectivity index is 2.29. The Labute approximate surface area is 79.6 Å². The Morgan fingerprint density at radius 2 is 2.46 bits per heavy atom. The fourth-order valence-corrected chi connectivity index (χ4v) is 1.58. The van der Waals surface area contributed by atoms with Gasteiger partial charge >= 0.3 is 0 Å². The number of carbonyl (C=O) groups excluding carboxylic acids is 1. The average Bonchev–Trinajstić information content (AvgIpc) is 2.09. The molecule has 1 aliphatic heterocycles. The lowest BCUT2D eigenvalue weighted by Crippen LogP contribution is -2.52. The fraction of sp³-hybridized carbons (Fsp3) is 0.700. The molecule has 0 aliphatic carbocycles. The number of piperidine rings is 1. The van der Waals surface area contributed by atoms with Gasteiger partial charge in [-0.25, -0.2) is 0 Å². The first-order chi connectivity index (χ1) is 6.24. The third kappa shape index (κ3) is 3.19. The molecule has 3 heteroatoms. The van der Waals surface area contributed by atoms with E-state index in [1.54, 1.807) is 0 Å². The van der Waals surface area contributed by atoms with Crippen LogP contribution in [0.5, 0.6) is 0 Å². The molecule has 13 heavy (non-hydrogen) atoms. The lowest BCUT2D eigenvalue weighted by Gasteiger charge is -2.30. The van der Waals surface area contributed by atoms with Crippen molar-refractivity contribution >= 4 is 5.91 Å². The number of hydrogen-bond acceptors (Lipinski definition) is 2. The van der Waals surface area contributed by atoms with Crippen molar-refractivity contribution in [1.82, 2.24) is 10.6 Å². The van der Waals surface area contributed by atoms with Crippen molar-refractivity contribution in [2.75, 3.05) is 6.54 Å². The van der Waals surface area contributed by atoms with Crippen molar-refractivity contribution < 1.29 is 4.79 Å². The standard InChI is InChI=1S/C10H18N2O/c1-3-4-7-11-9-5-6-10(13)12-8(9)2/h3-4,8-9,11H,5-7H2,1-2H3,(H,12,13)/b4-3+. The zero-order valence-corrected chi connectivity index (χ0v) is 8.34. The summed E-state index contributed by atoms with van der Waals surface area (Å²) in [4.78, 5) is 11.0. The Morgan fingerprint density at radius 1 is 1.69 bits per heavy atom. The second-order valence-electron chi connectivity index (χ2n) is 3.48. The highest BCUT2D eigenvalue weighted by molar-refractivity contribution is 5.77. The number of carbonyl (C=O) groups is 1. The van der Waals surface area contributed by atoms with E-state index < -0.39 is 0 Å². The van der Waals surface area contributed by atoms with Crippen LogP contribution in [0.2, 0.25) is 0 Å². The minimum absolute atomic E-state index is 0.177. The van der Waals surface area contributed by atoms with Crippen LogP contribution in [0.4, 0.5) is 0 Å². The molecular formula is C10H18N2O. The highest BCUT2D eigenvalue weighted by Gasteiger charge is 2.23. The fourth-order valence-electron chi connectivity index (χ4n) is 1.58. The lowest BCUT2D eigenvalue weighted by atomic mass is 9.99. The van der Waals surface area contributed by atoms with Crippen LogP contribution < -0.4 is 10.6 Å². The van der Waals surface area contributed by atoms with E-state index >= 15 is 0 Å². The Kier molecular flexibility index (Phi) is 3.96. The van der Waals surface area contributed by atoms with Gasteiger partial charge in [-0.1, -0.05) is 12.2 Å². The van der Waals surface area contributed by atoms with Crippen molar-refractivity contribution in [3.8, 4) is 0 Å². The zero-order valence-electron chi connectivity index (χ0n) is 8.34. The van der Waals surface area contributed by atoms with Crippen molar-refractivity contribution in [3.63, 3.8) is 0 Å². The number of hydrogen-bond donors (Lipinski definition) is 2. The van der Waals surface area contributed by atoms with E-state index in [2.05, 4.69) is 16.7 Å². The van der Waals surface area contributed by atoms with Crippen LogP contribution in [-0.4, -0.2) is 24.5 Å². The predicted molar refractivity (Wildman–Crippen MR) is 53.4 cm³/mol. The molecule has 2 atom stereocenters. The summed E-state index contributed by atoms with van der Waals surface area (Å²) in [6.07, 6.45) is 5.71. The van der Waals surface area contributed by atoms with Crippen molar-refractivity contribution in [2.24, 2.45) is 0 Å². The molecule has 1 amide bonds. The molecule has 0 aromatic carbocycles. The Bertz CT molecular complexity index is 201. The molecule has 74 valence electrons. The van der Waals surface area contributed by atoms with Crippen LogP contribution >= 0.6 is 0 Å². The molecule has 0 spiro atoms. The maximum atomic E-state index is 11.0. The number of rotatable bonds is 3. The van der Waals surface area contributed by atoms with Crippen LogP contribution in [0, 0.1) is 0 Å². The summed E-state index contributed by atoms with van der Waals surface area (Å²) in [6.45, 7) is 4.94. The van der Waals surface area contributed by atoms with E-state index in [1.165, 1.54) is 0 Å². The third-order valence-corrected chi connectivity index (χ3v) is 2.41. The summed E-state index contributed by atoms with van der Waals surface area (Å²) in [7, 11) is 0. The quantitative estimate of drug-likeness (QED) is 0.634. The first-order valence-corrected chi connectivity index (χ1v) is 4.88. The van der Waals surface area contributed by atoms with Crippen LogP contribution in [0.3, 0.4) is 0 Å². The number of allylic oxidation sites excluding steroid dienone is 1. The van der Waals surface area contributed by atoms with E-state index in [9.17, 15) is 4.79 Å². The molecule has 0 radical (unpaired) electrons.